The van der Waals surface area contributed by atoms with Gasteiger partial charge in [-0.25, -0.2) is 10.2 Å². The van der Waals surface area contributed by atoms with Gasteiger partial charge in [-0.15, -0.1) is 0 Å². The van der Waals surface area contributed by atoms with Gasteiger partial charge in [0.15, 0.2) is 0 Å². The third-order valence-electron chi connectivity index (χ3n) is 1.32. The SMILES string of the molecule is CCOC(=O)C1(N)C=CNN1. The Morgan fingerprint density at radius 1 is 1.82 bits per heavy atom. The van der Waals surface area contributed by atoms with E-state index < -0.39 is 11.6 Å². The van der Waals surface area contributed by atoms with Gasteiger partial charge in [-0.05, 0) is 13.0 Å². The van der Waals surface area contributed by atoms with Crippen molar-refractivity contribution in [3.63, 3.8) is 0 Å². The molecule has 1 heterocycles. The lowest BCUT2D eigenvalue weighted by Crippen LogP contribution is -2.58. The fraction of sp³-hybridized carbons (Fsp3) is 0.500. The van der Waals surface area contributed by atoms with E-state index in [4.69, 9.17) is 10.5 Å². The van der Waals surface area contributed by atoms with Crippen molar-refractivity contribution in [3.05, 3.63) is 12.3 Å². The van der Waals surface area contributed by atoms with Gasteiger partial charge < -0.3 is 10.2 Å². The van der Waals surface area contributed by atoms with E-state index in [-0.39, 0.29) is 0 Å². The lowest BCUT2D eigenvalue weighted by Gasteiger charge is -2.18. The van der Waals surface area contributed by atoms with Gasteiger partial charge in [0.1, 0.15) is 0 Å². The fourth-order valence-electron chi connectivity index (χ4n) is 0.745. The smallest absolute Gasteiger partial charge is 0.347 e. The Balaban J connectivity index is 2.57. The van der Waals surface area contributed by atoms with Crippen LogP contribution < -0.4 is 16.6 Å². The van der Waals surface area contributed by atoms with Crippen molar-refractivity contribution in [1.29, 1.82) is 0 Å². The molecule has 0 aliphatic carbocycles. The molecular weight excluding hydrogens is 146 g/mol. The second-order valence-corrected chi connectivity index (χ2v) is 2.19. The van der Waals surface area contributed by atoms with Gasteiger partial charge in [-0.3, -0.25) is 5.73 Å². The van der Waals surface area contributed by atoms with E-state index in [9.17, 15) is 4.79 Å². The molecular formula is C6H11N3O2. The van der Waals surface area contributed by atoms with Gasteiger partial charge in [0.05, 0.1) is 6.61 Å². The Morgan fingerprint density at radius 2 is 2.55 bits per heavy atom. The number of nitrogens with two attached hydrogens (primary N) is 1. The van der Waals surface area contributed by atoms with Crippen molar-refractivity contribution in [2.24, 2.45) is 5.73 Å². The largest absolute Gasteiger partial charge is 0.463 e. The van der Waals surface area contributed by atoms with Gasteiger partial charge in [-0.1, -0.05) is 0 Å². The number of rotatable bonds is 2. The van der Waals surface area contributed by atoms with Gasteiger partial charge >= 0.3 is 5.97 Å². The molecule has 62 valence electrons. The van der Waals surface area contributed by atoms with Crippen LogP contribution in [0.15, 0.2) is 12.3 Å². The standard InChI is InChI=1S/C6H11N3O2/c1-2-11-5(10)6(7)3-4-8-9-6/h3-4,8-9H,2,7H2,1H3. The Bertz CT molecular complexity index is 192. The zero-order chi connectivity index (χ0) is 8.32. The molecule has 0 radical (unpaired) electrons. The van der Waals surface area contributed by atoms with Crippen LogP contribution in [0.5, 0.6) is 0 Å². The zero-order valence-corrected chi connectivity index (χ0v) is 6.26. The summed E-state index contributed by atoms with van der Waals surface area (Å²) in [6.45, 7) is 2.06. The van der Waals surface area contributed by atoms with E-state index >= 15 is 0 Å². The molecule has 4 N–H and O–H groups in total. The van der Waals surface area contributed by atoms with Gasteiger partial charge in [-0.2, -0.15) is 0 Å². The minimum absolute atomic E-state index is 0.327. The Morgan fingerprint density at radius 3 is 3.00 bits per heavy atom. The first kappa shape index (κ1) is 8.03. The Hall–Kier alpha value is -1.07. The number of nitrogens with one attached hydrogen (secondary N) is 2. The Labute approximate surface area is 64.6 Å². The summed E-state index contributed by atoms with van der Waals surface area (Å²) in [4.78, 5) is 11.1. The first-order valence-electron chi connectivity index (χ1n) is 3.35. The summed E-state index contributed by atoms with van der Waals surface area (Å²) in [6, 6.07) is 0. The van der Waals surface area contributed by atoms with Crippen molar-refractivity contribution in [2.45, 2.75) is 12.6 Å². The molecule has 1 unspecified atom stereocenters. The molecule has 1 atom stereocenters. The van der Waals surface area contributed by atoms with Crippen LogP contribution in [0.1, 0.15) is 6.92 Å². The van der Waals surface area contributed by atoms with E-state index in [0.29, 0.717) is 6.61 Å². The van der Waals surface area contributed by atoms with Crippen LogP contribution in [0, 0.1) is 0 Å². The summed E-state index contributed by atoms with van der Waals surface area (Å²) in [5, 5.41) is 0. The molecule has 0 amide bonds. The van der Waals surface area contributed by atoms with Crippen molar-refractivity contribution in [3.8, 4) is 0 Å². The molecule has 5 nitrogen and oxygen atoms in total. The molecule has 0 aromatic heterocycles. The highest BCUT2D eigenvalue weighted by molar-refractivity contribution is 5.82. The quantitative estimate of drug-likeness (QED) is 0.440. The van der Waals surface area contributed by atoms with E-state index in [2.05, 4.69) is 10.9 Å². The van der Waals surface area contributed by atoms with Gasteiger partial charge in [0.2, 0.25) is 5.66 Å². The maximum atomic E-state index is 11.1. The maximum Gasteiger partial charge on any atom is 0.347 e. The summed E-state index contributed by atoms with van der Waals surface area (Å²) in [7, 11) is 0. The summed E-state index contributed by atoms with van der Waals surface area (Å²) in [5.41, 5.74) is 9.51. The molecule has 0 aromatic carbocycles. The molecule has 0 aromatic rings. The third kappa shape index (κ3) is 1.50. The Kier molecular flexibility index (Phi) is 2.11. The van der Waals surface area contributed by atoms with Crippen molar-refractivity contribution < 1.29 is 9.53 Å². The maximum absolute atomic E-state index is 11.1. The van der Waals surface area contributed by atoms with Gasteiger partial charge in [0, 0.05) is 6.20 Å². The topological polar surface area (TPSA) is 76.4 Å². The molecule has 0 fully saturated rings. The highest BCUT2D eigenvalue weighted by Gasteiger charge is 2.34. The molecule has 11 heavy (non-hydrogen) atoms. The summed E-state index contributed by atoms with van der Waals surface area (Å²) >= 11 is 0. The van der Waals surface area contributed by atoms with Gasteiger partial charge in [0.25, 0.3) is 0 Å². The molecule has 1 rings (SSSR count). The zero-order valence-electron chi connectivity index (χ0n) is 6.26. The lowest BCUT2D eigenvalue weighted by atomic mass is 10.2. The van der Waals surface area contributed by atoms with Crippen LogP contribution in [-0.4, -0.2) is 18.2 Å². The molecule has 0 saturated carbocycles. The third-order valence-corrected chi connectivity index (χ3v) is 1.32. The second kappa shape index (κ2) is 2.89. The monoisotopic (exact) mass is 157 g/mol. The van der Waals surface area contributed by atoms with Crippen molar-refractivity contribution in [1.82, 2.24) is 10.9 Å². The number of hydrogen-bond acceptors (Lipinski definition) is 5. The molecule has 5 heteroatoms. The number of carbonyl (C=O) groups excluding carboxylic acids is 1. The fourth-order valence-corrected chi connectivity index (χ4v) is 0.745. The molecule has 0 saturated heterocycles. The molecule has 1 aliphatic heterocycles. The van der Waals surface area contributed by atoms with Crippen LogP contribution in [0.3, 0.4) is 0 Å². The number of esters is 1. The summed E-state index contributed by atoms with van der Waals surface area (Å²) in [6.07, 6.45) is 3.06. The second-order valence-electron chi connectivity index (χ2n) is 2.19. The van der Waals surface area contributed by atoms with E-state index in [1.807, 2.05) is 0 Å². The molecule has 0 bridgehead atoms. The van der Waals surface area contributed by atoms with E-state index in [1.165, 1.54) is 6.08 Å². The molecule has 1 aliphatic rings. The van der Waals surface area contributed by atoms with E-state index in [1.54, 1.807) is 13.1 Å². The van der Waals surface area contributed by atoms with Crippen LogP contribution >= 0.6 is 0 Å². The number of hydrogen-bond donors (Lipinski definition) is 3. The lowest BCUT2D eigenvalue weighted by molar-refractivity contribution is -0.148. The predicted octanol–water partition coefficient (Wildman–Crippen LogP) is -1.17. The highest BCUT2D eigenvalue weighted by atomic mass is 16.5. The van der Waals surface area contributed by atoms with Crippen molar-refractivity contribution in [2.75, 3.05) is 6.61 Å². The average Bonchev–Trinajstić information content (AvgIpc) is 2.38. The number of hydrazine groups is 1. The predicted molar refractivity (Wildman–Crippen MR) is 39.0 cm³/mol. The first-order valence-corrected chi connectivity index (χ1v) is 3.35. The summed E-state index contributed by atoms with van der Waals surface area (Å²) in [5.74, 6) is -0.485. The first-order chi connectivity index (χ1) is 5.19. The van der Waals surface area contributed by atoms with Crippen LogP contribution in [0.2, 0.25) is 0 Å². The van der Waals surface area contributed by atoms with Crippen molar-refractivity contribution >= 4 is 5.97 Å². The minimum Gasteiger partial charge on any atom is -0.463 e. The van der Waals surface area contributed by atoms with Crippen LogP contribution in [0.25, 0.3) is 0 Å². The summed E-state index contributed by atoms with van der Waals surface area (Å²) < 4.78 is 4.71. The highest BCUT2D eigenvalue weighted by Crippen LogP contribution is 2.03. The number of ether oxygens (including phenoxy) is 1. The van der Waals surface area contributed by atoms with Crippen LogP contribution in [0.4, 0.5) is 0 Å². The normalized spacial score (nSPS) is 28.2. The number of carbonyl (C=O) groups is 1. The van der Waals surface area contributed by atoms with Crippen LogP contribution in [-0.2, 0) is 9.53 Å². The molecule has 0 spiro atoms. The van der Waals surface area contributed by atoms with E-state index in [0.717, 1.165) is 0 Å². The average molecular weight is 157 g/mol. The minimum atomic E-state index is -1.20.